The van der Waals surface area contributed by atoms with Gasteiger partial charge in [-0.1, -0.05) is 6.42 Å². The van der Waals surface area contributed by atoms with Crippen LogP contribution in [0.15, 0.2) is 4.99 Å². The monoisotopic (exact) mass is 245 g/mol. The van der Waals surface area contributed by atoms with Gasteiger partial charge in [-0.25, -0.2) is 8.78 Å². The van der Waals surface area contributed by atoms with Crippen LogP contribution in [0.4, 0.5) is 8.78 Å². The summed E-state index contributed by atoms with van der Waals surface area (Å²) in [6.45, 7) is 2.35. The van der Waals surface area contributed by atoms with E-state index in [0.29, 0.717) is 13.0 Å². The van der Waals surface area contributed by atoms with Crippen molar-refractivity contribution in [3.63, 3.8) is 0 Å². The van der Waals surface area contributed by atoms with E-state index in [-0.39, 0.29) is 18.8 Å². The number of likely N-dealkylation sites (N-methyl/N-ethyl adjacent to an activating group) is 1. The standard InChI is InChI=1S/C12H21F2N3/c1-17-7-6-15-11(17)16-9-10-4-2-3-5-12(13,14)8-10/h10H,2-9H2,1H3,(H,15,16). The third-order valence-electron chi connectivity index (χ3n) is 3.60. The summed E-state index contributed by atoms with van der Waals surface area (Å²) in [6, 6.07) is 0. The number of guanidine groups is 1. The minimum Gasteiger partial charge on any atom is -0.356 e. The van der Waals surface area contributed by atoms with Crippen molar-refractivity contribution in [2.24, 2.45) is 10.9 Å². The molecule has 5 heteroatoms. The number of nitrogens with one attached hydrogen (secondary N) is 1. The van der Waals surface area contributed by atoms with Crippen LogP contribution in [0, 0.1) is 5.92 Å². The molecule has 1 saturated carbocycles. The number of hydrogen-bond donors (Lipinski definition) is 1. The largest absolute Gasteiger partial charge is 0.356 e. The molecule has 0 aromatic heterocycles. The van der Waals surface area contributed by atoms with E-state index in [1.165, 1.54) is 0 Å². The summed E-state index contributed by atoms with van der Waals surface area (Å²) in [5.41, 5.74) is 0. The van der Waals surface area contributed by atoms with Gasteiger partial charge in [0.1, 0.15) is 0 Å². The summed E-state index contributed by atoms with van der Waals surface area (Å²) in [6.07, 6.45) is 2.57. The molecule has 0 radical (unpaired) electrons. The lowest BCUT2D eigenvalue weighted by atomic mass is 9.99. The number of rotatable bonds is 2. The molecule has 17 heavy (non-hydrogen) atoms. The molecule has 1 heterocycles. The molecule has 0 spiro atoms. The van der Waals surface area contributed by atoms with Crippen molar-refractivity contribution < 1.29 is 8.78 Å². The summed E-state index contributed by atoms with van der Waals surface area (Å²) in [7, 11) is 1.97. The van der Waals surface area contributed by atoms with Crippen LogP contribution in [0.2, 0.25) is 0 Å². The van der Waals surface area contributed by atoms with Gasteiger partial charge in [-0.15, -0.1) is 0 Å². The molecule has 1 unspecified atom stereocenters. The van der Waals surface area contributed by atoms with Crippen molar-refractivity contribution in [3.8, 4) is 0 Å². The summed E-state index contributed by atoms with van der Waals surface area (Å²) in [4.78, 5) is 6.34. The number of alkyl halides is 2. The average molecular weight is 245 g/mol. The highest BCUT2D eigenvalue weighted by atomic mass is 19.3. The van der Waals surface area contributed by atoms with Gasteiger partial charge in [0, 0.05) is 33.0 Å². The first-order valence-corrected chi connectivity index (χ1v) is 6.44. The van der Waals surface area contributed by atoms with Gasteiger partial charge in [0.25, 0.3) is 0 Å². The molecule has 1 N–H and O–H groups in total. The molecule has 0 saturated heterocycles. The normalized spacial score (nSPS) is 28.8. The van der Waals surface area contributed by atoms with Crippen LogP contribution in [-0.2, 0) is 0 Å². The Hall–Kier alpha value is -0.870. The summed E-state index contributed by atoms with van der Waals surface area (Å²) >= 11 is 0. The Kier molecular flexibility index (Phi) is 3.84. The first-order valence-electron chi connectivity index (χ1n) is 6.44. The Morgan fingerprint density at radius 2 is 2.29 bits per heavy atom. The van der Waals surface area contributed by atoms with Crippen LogP contribution in [0.3, 0.4) is 0 Å². The number of nitrogens with zero attached hydrogens (tertiary/aromatic N) is 2. The average Bonchev–Trinajstić information content (AvgIpc) is 2.57. The lowest BCUT2D eigenvalue weighted by molar-refractivity contribution is -0.0245. The molecule has 2 rings (SSSR count). The van der Waals surface area contributed by atoms with E-state index < -0.39 is 5.92 Å². The smallest absolute Gasteiger partial charge is 0.248 e. The van der Waals surface area contributed by atoms with Gasteiger partial charge in [0.15, 0.2) is 5.96 Å². The predicted molar refractivity (Wildman–Crippen MR) is 64.5 cm³/mol. The maximum atomic E-state index is 13.4. The van der Waals surface area contributed by atoms with Crippen LogP contribution >= 0.6 is 0 Å². The van der Waals surface area contributed by atoms with Gasteiger partial charge < -0.3 is 10.2 Å². The zero-order valence-electron chi connectivity index (χ0n) is 10.4. The van der Waals surface area contributed by atoms with E-state index in [4.69, 9.17) is 0 Å². The molecule has 1 atom stereocenters. The van der Waals surface area contributed by atoms with E-state index in [1.54, 1.807) is 0 Å². The molecule has 1 fully saturated rings. The predicted octanol–water partition coefficient (Wildman–Crippen LogP) is 2.09. The minimum atomic E-state index is -2.47. The van der Waals surface area contributed by atoms with Gasteiger partial charge in [-0.2, -0.15) is 0 Å². The second kappa shape index (κ2) is 5.19. The number of hydrogen-bond acceptors (Lipinski definition) is 3. The zero-order valence-corrected chi connectivity index (χ0v) is 10.4. The van der Waals surface area contributed by atoms with Crippen LogP contribution in [-0.4, -0.2) is 43.5 Å². The van der Waals surface area contributed by atoms with E-state index in [0.717, 1.165) is 31.9 Å². The molecule has 0 bridgehead atoms. The molecule has 98 valence electrons. The van der Waals surface area contributed by atoms with Crippen molar-refractivity contribution in [2.45, 2.75) is 38.0 Å². The minimum absolute atomic E-state index is 0.0248. The second-order valence-electron chi connectivity index (χ2n) is 5.18. The fourth-order valence-corrected chi connectivity index (χ4v) is 2.58. The van der Waals surface area contributed by atoms with Crippen molar-refractivity contribution in [2.75, 3.05) is 26.7 Å². The molecule has 2 aliphatic rings. The highest BCUT2D eigenvalue weighted by Crippen LogP contribution is 2.34. The summed E-state index contributed by atoms with van der Waals surface area (Å²) in [5.74, 6) is -1.53. The Labute approximate surface area is 101 Å². The highest BCUT2D eigenvalue weighted by Gasteiger charge is 2.34. The fraction of sp³-hybridized carbons (Fsp3) is 0.917. The highest BCUT2D eigenvalue weighted by molar-refractivity contribution is 5.81. The number of halogens is 2. The third-order valence-corrected chi connectivity index (χ3v) is 3.60. The molecular formula is C12H21F2N3. The maximum absolute atomic E-state index is 13.4. The molecule has 0 amide bonds. The van der Waals surface area contributed by atoms with Crippen molar-refractivity contribution in [3.05, 3.63) is 0 Å². The first kappa shape index (κ1) is 12.6. The Balaban J connectivity index is 1.81. The molecule has 1 aliphatic heterocycles. The third kappa shape index (κ3) is 3.54. The van der Waals surface area contributed by atoms with Gasteiger partial charge in [-0.05, 0) is 18.8 Å². The van der Waals surface area contributed by atoms with Crippen molar-refractivity contribution in [1.82, 2.24) is 10.2 Å². The quantitative estimate of drug-likeness (QED) is 0.754. The van der Waals surface area contributed by atoms with Crippen LogP contribution in [0.5, 0.6) is 0 Å². The van der Waals surface area contributed by atoms with Gasteiger partial charge in [-0.3, -0.25) is 4.99 Å². The zero-order chi connectivity index (χ0) is 12.3. The molecular weight excluding hydrogens is 224 g/mol. The van der Waals surface area contributed by atoms with Gasteiger partial charge >= 0.3 is 0 Å². The second-order valence-corrected chi connectivity index (χ2v) is 5.18. The van der Waals surface area contributed by atoms with Crippen molar-refractivity contribution >= 4 is 5.96 Å². The topological polar surface area (TPSA) is 27.6 Å². The van der Waals surface area contributed by atoms with Crippen molar-refractivity contribution in [1.29, 1.82) is 0 Å². The van der Waals surface area contributed by atoms with E-state index in [9.17, 15) is 8.78 Å². The maximum Gasteiger partial charge on any atom is 0.248 e. The molecule has 1 aliphatic carbocycles. The SMILES string of the molecule is CN1CCN=C1NCC1CCCCC(F)(F)C1. The Morgan fingerprint density at radius 3 is 3.00 bits per heavy atom. The van der Waals surface area contributed by atoms with Gasteiger partial charge in [0.2, 0.25) is 5.92 Å². The lowest BCUT2D eigenvalue weighted by Crippen LogP contribution is -2.39. The number of aliphatic imine (C=N–C) groups is 1. The summed E-state index contributed by atoms with van der Waals surface area (Å²) in [5, 5.41) is 3.21. The van der Waals surface area contributed by atoms with Gasteiger partial charge in [0.05, 0.1) is 6.54 Å². The molecule has 0 aromatic carbocycles. The van der Waals surface area contributed by atoms with Crippen LogP contribution in [0.1, 0.15) is 32.1 Å². The Bertz CT molecular complexity index is 291. The van der Waals surface area contributed by atoms with E-state index >= 15 is 0 Å². The lowest BCUT2D eigenvalue weighted by Gasteiger charge is -2.22. The summed E-state index contributed by atoms with van der Waals surface area (Å²) < 4.78 is 26.8. The fourth-order valence-electron chi connectivity index (χ4n) is 2.58. The van der Waals surface area contributed by atoms with E-state index in [2.05, 4.69) is 10.3 Å². The molecule has 0 aromatic rings. The molecule has 3 nitrogen and oxygen atoms in total. The van der Waals surface area contributed by atoms with Crippen LogP contribution < -0.4 is 5.32 Å². The van der Waals surface area contributed by atoms with Crippen LogP contribution in [0.25, 0.3) is 0 Å². The van der Waals surface area contributed by atoms with E-state index in [1.807, 2.05) is 11.9 Å². The Morgan fingerprint density at radius 1 is 1.47 bits per heavy atom. The first-order chi connectivity index (χ1) is 8.07.